The van der Waals surface area contributed by atoms with E-state index in [0.717, 1.165) is 21.9 Å². The minimum absolute atomic E-state index is 0.581. The molecular weight excluding hydrogens is 248 g/mol. The Hall–Kier alpha value is -2.08. The average molecular weight is 258 g/mol. The fourth-order valence-electron chi connectivity index (χ4n) is 1.52. The Kier molecular flexibility index (Phi) is 2.85. The van der Waals surface area contributed by atoms with Crippen LogP contribution in [-0.2, 0) is 0 Å². The molecule has 5 nitrogen and oxygen atoms in total. The van der Waals surface area contributed by atoms with E-state index in [1.807, 2.05) is 37.4 Å². The van der Waals surface area contributed by atoms with Gasteiger partial charge in [-0.05, 0) is 23.9 Å². The first kappa shape index (κ1) is 11.0. The Morgan fingerprint density at radius 3 is 2.94 bits per heavy atom. The monoisotopic (exact) mass is 258 g/mol. The normalized spacial score (nSPS) is 10.7. The van der Waals surface area contributed by atoms with E-state index in [1.165, 1.54) is 18.1 Å². The average Bonchev–Trinajstić information content (AvgIpc) is 2.81. The Balaban J connectivity index is 1.91. The maximum absolute atomic E-state index is 5.62. The van der Waals surface area contributed by atoms with Crippen molar-refractivity contribution < 1.29 is 4.42 Å². The molecule has 0 saturated carbocycles. The molecule has 3 rings (SSSR count). The SMILES string of the molecule is CNc1cc(Sc2nc3ccccc3o2)ncn1. The van der Waals surface area contributed by atoms with Gasteiger partial charge in [-0.3, -0.25) is 0 Å². The minimum atomic E-state index is 0.581. The molecule has 2 heterocycles. The van der Waals surface area contributed by atoms with Crippen LogP contribution in [0.4, 0.5) is 5.82 Å². The number of benzene rings is 1. The first-order valence-electron chi connectivity index (χ1n) is 5.38. The van der Waals surface area contributed by atoms with Crippen molar-refractivity contribution >= 4 is 28.7 Å². The molecule has 6 heteroatoms. The molecule has 0 amide bonds. The number of para-hydroxylation sites is 2. The summed E-state index contributed by atoms with van der Waals surface area (Å²) in [6.07, 6.45) is 1.51. The van der Waals surface area contributed by atoms with Crippen LogP contribution in [0.3, 0.4) is 0 Å². The van der Waals surface area contributed by atoms with Crippen LogP contribution in [0.15, 0.2) is 51.3 Å². The lowest BCUT2D eigenvalue weighted by Gasteiger charge is -1.99. The van der Waals surface area contributed by atoms with Crippen molar-refractivity contribution in [3.05, 3.63) is 36.7 Å². The number of fused-ring (bicyclic) bond motifs is 1. The van der Waals surface area contributed by atoms with E-state index >= 15 is 0 Å². The summed E-state index contributed by atoms with van der Waals surface area (Å²) in [7, 11) is 1.82. The van der Waals surface area contributed by atoms with Gasteiger partial charge < -0.3 is 9.73 Å². The number of oxazole rings is 1. The largest absolute Gasteiger partial charge is 0.431 e. The fraction of sp³-hybridized carbons (Fsp3) is 0.0833. The van der Waals surface area contributed by atoms with Crippen molar-refractivity contribution in [2.45, 2.75) is 10.2 Å². The lowest BCUT2D eigenvalue weighted by atomic mass is 10.3. The number of nitrogens with one attached hydrogen (secondary N) is 1. The van der Waals surface area contributed by atoms with Crippen LogP contribution in [-0.4, -0.2) is 22.0 Å². The highest BCUT2D eigenvalue weighted by Gasteiger charge is 2.08. The molecule has 0 aliphatic carbocycles. The summed E-state index contributed by atoms with van der Waals surface area (Å²) in [5, 5.41) is 4.34. The van der Waals surface area contributed by atoms with E-state index in [2.05, 4.69) is 20.3 Å². The molecule has 0 atom stereocenters. The van der Waals surface area contributed by atoms with Crippen LogP contribution in [0.25, 0.3) is 11.1 Å². The third kappa shape index (κ3) is 2.14. The highest BCUT2D eigenvalue weighted by molar-refractivity contribution is 7.99. The van der Waals surface area contributed by atoms with E-state index in [1.54, 1.807) is 0 Å². The number of anilines is 1. The summed E-state index contributed by atoms with van der Waals surface area (Å²) in [6, 6.07) is 9.52. The maximum atomic E-state index is 5.62. The van der Waals surface area contributed by atoms with Crippen molar-refractivity contribution in [2.75, 3.05) is 12.4 Å². The molecule has 0 radical (unpaired) electrons. The van der Waals surface area contributed by atoms with Gasteiger partial charge in [-0.1, -0.05) is 12.1 Å². The third-order valence-corrected chi connectivity index (χ3v) is 3.15. The summed E-state index contributed by atoms with van der Waals surface area (Å²) >= 11 is 1.37. The summed E-state index contributed by atoms with van der Waals surface area (Å²) < 4.78 is 5.62. The second kappa shape index (κ2) is 4.66. The second-order valence-electron chi connectivity index (χ2n) is 3.54. The molecule has 0 aliphatic heterocycles. The molecule has 3 aromatic rings. The van der Waals surface area contributed by atoms with Gasteiger partial charge in [-0.25, -0.2) is 15.0 Å². The summed E-state index contributed by atoms with van der Waals surface area (Å²) in [4.78, 5) is 12.6. The van der Waals surface area contributed by atoms with Crippen molar-refractivity contribution in [3.8, 4) is 0 Å². The van der Waals surface area contributed by atoms with Gasteiger partial charge in [-0.2, -0.15) is 0 Å². The number of nitrogens with zero attached hydrogens (tertiary/aromatic N) is 3. The zero-order valence-electron chi connectivity index (χ0n) is 9.62. The highest BCUT2D eigenvalue weighted by atomic mass is 32.2. The first-order chi connectivity index (χ1) is 8.85. The third-order valence-electron chi connectivity index (χ3n) is 2.36. The molecule has 2 aromatic heterocycles. The Morgan fingerprint density at radius 2 is 2.11 bits per heavy atom. The molecule has 0 aliphatic rings. The van der Waals surface area contributed by atoms with Crippen molar-refractivity contribution in [2.24, 2.45) is 0 Å². The van der Waals surface area contributed by atoms with Crippen molar-refractivity contribution in [3.63, 3.8) is 0 Å². The van der Waals surface area contributed by atoms with Gasteiger partial charge in [0.2, 0.25) is 0 Å². The van der Waals surface area contributed by atoms with Crippen LogP contribution >= 0.6 is 11.8 Å². The van der Waals surface area contributed by atoms with Gasteiger partial charge >= 0.3 is 0 Å². The van der Waals surface area contributed by atoms with E-state index in [0.29, 0.717) is 5.22 Å². The molecule has 0 saturated heterocycles. The zero-order chi connectivity index (χ0) is 12.4. The number of hydrogen-bond donors (Lipinski definition) is 1. The summed E-state index contributed by atoms with van der Waals surface area (Å²) in [5.41, 5.74) is 1.63. The molecule has 18 heavy (non-hydrogen) atoms. The van der Waals surface area contributed by atoms with Gasteiger partial charge in [0.05, 0.1) is 0 Å². The van der Waals surface area contributed by atoms with Crippen LogP contribution in [0.1, 0.15) is 0 Å². The Morgan fingerprint density at radius 1 is 1.22 bits per heavy atom. The maximum Gasteiger partial charge on any atom is 0.263 e. The number of aromatic nitrogens is 3. The molecule has 0 unspecified atom stereocenters. The van der Waals surface area contributed by atoms with Gasteiger partial charge in [0.25, 0.3) is 5.22 Å². The minimum Gasteiger partial charge on any atom is -0.431 e. The quantitative estimate of drug-likeness (QED) is 0.729. The lowest BCUT2D eigenvalue weighted by molar-refractivity contribution is 0.489. The highest BCUT2D eigenvalue weighted by Crippen LogP contribution is 2.28. The van der Waals surface area contributed by atoms with E-state index < -0.39 is 0 Å². The smallest absolute Gasteiger partial charge is 0.263 e. The molecule has 0 spiro atoms. The van der Waals surface area contributed by atoms with Crippen molar-refractivity contribution in [1.82, 2.24) is 15.0 Å². The van der Waals surface area contributed by atoms with E-state index in [9.17, 15) is 0 Å². The van der Waals surface area contributed by atoms with Gasteiger partial charge in [0, 0.05) is 13.1 Å². The van der Waals surface area contributed by atoms with Gasteiger partial charge in [0.15, 0.2) is 5.58 Å². The molecule has 90 valence electrons. The van der Waals surface area contributed by atoms with Gasteiger partial charge in [0.1, 0.15) is 22.7 Å². The lowest BCUT2D eigenvalue weighted by Crippen LogP contribution is -1.93. The molecule has 0 bridgehead atoms. The second-order valence-corrected chi connectivity index (χ2v) is 4.51. The predicted molar refractivity (Wildman–Crippen MR) is 69.7 cm³/mol. The van der Waals surface area contributed by atoms with Crippen LogP contribution in [0.2, 0.25) is 0 Å². The Labute approximate surface area is 108 Å². The summed E-state index contributed by atoms with van der Waals surface area (Å²) in [5.74, 6) is 0.767. The zero-order valence-corrected chi connectivity index (χ0v) is 10.4. The topological polar surface area (TPSA) is 63.8 Å². The van der Waals surface area contributed by atoms with Crippen LogP contribution in [0, 0.1) is 0 Å². The number of rotatable bonds is 3. The summed E-state index contributed by atoms with van der Waals surface area (Å²) in [6.45, 7) is 0. The molecule has 1 aromatic carbocycles. The van der Waals surface area contributed by atoms with Crippen molar-refractivity contribution in [1.29, 1.82) is 0 Å². The van der Waals surface area contributed by atoms with E-state index in [-0.39, 0.29) is 0 Å². The van der Waals surface area contributed by atoms with E-state index in [4.69, 9.17) is 4.42 Å². The Bertz CT molecular complexity index is 649. The first-order valence-corrected chi connectivity index (χ1v) is 6.20. The predicted octanol–water partition coefficient (Wildman–Crippen LogP) is 2.81. The molecule has 1 N–H and O–H groups in total. The van der Waals surface area contributed by atoms with Crippen LogP contribution < -0.4 is 5.32 Å². The number of hydrogen-bond acceptors (Lipinski definition) is 6. The van der Waals surface area contributed by atoms with Gasteiger partial charge in [-0.15, -0.1) is 0 Å². The standard InChI is InChI=1S/C12H10N4OS/c1-13-10-6-11(15-7-14-10)18-12-16-8-4-2-3-5-9(8)17-12/h2-7H,1H3,(H,13,14,15). The fourth-order valence-corrected chi connectivity index (χ4v) is 2.24. The van der Waals surface area contributed by atoms with Crippen LogP contribution in [0.5, 0.6) is 0 Å². The molecule has 0 fully saturated rings. The molecular formula is C12H10N4OS.